The van der Waals surface area contributed by atoms with E-state index in [1.165, 1.54) is 5.56 Å². The number of rotatable bonds is 9. The molecule has 1 aromatic heterocycles. The fourth-order valence-electron chi connectivity index (χ4n) is 3.11. The van der Waals surface area contributed by atoms with E-state index in [9.17, 15) is 14.4 Å². The van der Waals surface area contributed by atoms with E-state index in [2.05, 4.69) is 29.4 Å². The third-order valence-electron chi connectivity index (χ3n) is 4.62. The molecule has 0 aliphatic rings. The fourth-order valence-corrected chi connectivity index (χ4v) is 3.11. The number of carbonyl (C=O) groups is 3. The number of nitrogens with zero attached hydrogens (tertiary/aromatic N) is 3. The molecule has 1 heterocycles. The summed E-state index contributed by atoms with van der Waals surface area (Å²) in [6, 6.07) is 8.26. The van der Waals surface area contributed by atoms with Crippen LogP contribution in [0.25, 0.3) is 0 Å². The first kappa shape index (κ1) is 21.1. The molecule has 0 radical (unpaired) electrons. The van der Waals surface area contributed by atoms with Crippen molar-refractivity contribution in [3.63, 3.8) is 0 Å². The van der Waals surface area contributed by atoms with Gasteiger partial charge in [0.05, 0.1) is 25.3 Å². The van der Waals surface area contributed by atoms with Crippen LogP contribution < -0.4 is 11.5 Å². The van der Waals surface area contributed by atoms with E-state index in [4.69, 9.17) is 11.5 Å². The maximum Gasteiger partial charge on any atom is 0.237 e. The second kappa shape index (κ2) is 9.16. The molecule has 28 heavy (non-hydrogen) atoms. The molecule has 0 saturated carbocycles. The van der Waals surface area contributed by atoms with Crippen LogP contribution in [0.1, 0.15) is 34.5 Å². The van der Waals surface area contributed by atoms with Crippen LogP contribution in [0.3, 0.4) is 0 Å². The molecular weight excluding hydrogens is 358 g/mol. The summed E-state index contributed by atoms with van der Waals surface area (Å²) < 4.78 is 1.92. The molecule has 0 aliphatic carbocycles. The SMILES string of the molecule is Cc1ccc(Cn2nc(C)c(CCC(=O)N(CC(N)=O)CC(N)=O)c2C)cc1. The van der Waals surface area contributed by atoms with Gasteiger partial charge in [-0.05, 0) is 38.3 Å². The van der Waals surface area contributed by atoms with Gasteiger partial charge >= 0.3 is 0 Å². The molecular formula is C20H27N5O3. The number of aromatic nitrogens is 2. The molecule has 8 nitrogen and oxygen atoms in total. The Bertz CT molecular complexity index is 855. The third kappa shape index (κ3) is 5.67. The Balaban J connectivity index is 2.08. The first-order chi connectivity index (χ1) is 13.2. The van der Waals surface area contributed by atoms with Gasteiger partial charge in [-0.1, -0.05) is 29.8 Å². The number of nitrogens with two attached hydrogens (primary N) is 2. The maximum atomic E-state index is 12.4. The summed E-state index contributed by atoms with van der Waals surface area (Å²) in [5, 5.41) is 4.59. The first-order valence-corrected chi connectivity index (χ1v) is 9.10. The number of carbonyl (C=O) groups excluding carboxylic acids is 3. The Morgan fingerprint density at radius 1 is 1.00 bits per heavy atom. The molecule has 0 saturated heterocycles. The third-order valence-corrected chi connectivity index (χ3v) is 4.62. The fraction of sp³-hybridized carbons (Fsp3) is 0.400. The Labute approximate surface area is 164 Å². The smallest absolute Gasteiger partial charge is 0.237 e. The van der Waals surface area contributed by atoms with Crippen LogP contribution in [-0.2, 0) is 27.3 Å². The van der Waals surface area contributed by atoms with Gasteiger partial charge in [0.15, 0.2) is 0 Å². The van der Waals surface area contributed by atoms with E-state index in [1.54, 1.807) is 0 Å². The highest BCUT2D eigenvalue weighted by molar-refractivity contribution is 5.88. The molecule has 0 bridgehead atoms. The average Bonchev–Trinajstić information content (AvgIpc) is 2.87. The molecule has 1 aromatic carbocycles. The predicted molar refractivity (Wildman–Crippen MR) is 105 cm³/mol. The lowest BCUT2D eigenvalue weighted by Gasteiger charge is -2.19. The molecule has 2 rings (SSSR count). The van der Waals surface area contributed by atoms with Crippen LogP contribution in [0.5, 0.6) is 0 Å². The Kier molecular flexibility index (Phi) is 6.92. The number of benzene rings is 1. The molecule has 8 heteroatoms. The van der Waals surface area contributed by atoms with Gasteiger partial charge in [-0.3, -0.25) is 19.1 Å². The average molecular weight is 385 g/mol. The van der Waals surface area contributed by atoms with Crippen molar-refractivity contribution in [2.24, 2.45) is 11.5 Å². The highest BCUT2D eigenvalue weighted by Crippen LogP contribution is 2.17. The molecule has 0 unspecified atom stereocenters. The highest BCUT2D eigenvalue weighted by atomic mass is 16.2. The lowest BCUT2D eigenvalue weighted by atomic mass is 10.1. The molecule has 2 aromatic rings. The van der Waals surface area contributed by atoms with Gasteiger partial charge in [0.1, 0.15) is 0 Å². The van der Waals surface area contributed by atoms with Gasteiger partial charge < -0.3 is 16.4 Å². The largest absolute Gasteiger partial charge is 0.368 e. The number of hydrogen-bond donors (Lipinski definition) is 2. The number of primary amides is 2. The summed E-state index contributed by atoms with van der Waals surface area (Å²) in [5.74, 6) is -1.72. The van der Waals surface area contributed by atoms with E-state index < -0.39 is 11.8 Å². The molecule has 0 fully saturated rings. The van der Waals surface area contributed by atoms with Crippen molar-refractivity contribution in [2.75, 3.05) is 13.1 Å². The topological polar surface area (TPSA) is 124 Å². The molecule has 3 amide bonds. The summed E-state index contributed by atoms with van der Waals surface area (Å²) in [4.78, 5) is 35.8. The van der Waals surface area contributed by atoms with Gasteiger partial charge in [0.2, 0.25) is 17.7 Å². The number of hydrogen-bond acceptors (Lipinski definition) is 4. The standard InChI is InChI=1S/C20H27N5O3/c1-13-4-6-16(7-5-13)10-25-15(3)17(14(2)23-25)8-9-20(28)24(11-18(21)26)12-19(22)27/h4-7H,8-12H2,1-3H3,(H2,21,26)(H2,22,27). The monoisotopic (exact) mass is 385 g/mol. The molecule has 0 atom stereocenters. The van der Waals surface area contributed by atoms with Crippen molar-refractivity contribution in [1.82, 2.24) is 14.7 Å². The van der Waals surface area contributed by atoms with E-state index in [1.807, 2.05) is 25.5 Å². The van der Waals surface area contributed by atoms with E-state index >= 15 is 0 Å². The van der Waals surface area contributed by atoms with Crippen molar-refractivity contribution in [1.29, 1.82) is 0 Å². The minimum atomic E-state index is -0.687. The summed E-state index contributed by atoms with van der Waals surface area (Å²) in [7, 11) is 0. The predicted octanol–water partition coefficient (Wildman–Crippen LogP) is 0.588. The van der Waals surface area contributed by atoms with Crippen LogP contribution in [0.4, 0.5) is 0 Å². The van der Waals surface area contributed by atoms with Crippen molar-refractivity contribution < 1.29 is 14.4 Å². The normalized spacial score (nSPS) is 10.7. The van der Waals surface area contributed by atoms with Gasteiger partial charge in [-0.15, -0.1) is 0 Å². The van der Waals surface area contributed by atoms with Gasteiger partial charge in [0.25, 0.3) is 0 Å². The van der Waals surface area contributed by atoms with E-state index in [0.29, 0.717) is 13.0 Å². The van der Waals surface area contributed by atoms with Gasteiger partial charge in [0, 0.05) is 12.1 Å². The Hall–Kier alpha value is -3.16. The second-order valence-electron chi connectivity index (χ2n) is 6.98. The van der Waals surface area contributed by atoms with Crippen LogP contribution in [0.2, 0.25) is 0 Å². The number of amides is 3. The van der Waals surface area contributed by atoms with Crippen molar-refractivity contribution in [3.8, 4) is 0 Å². The lowest BCUT2D eigenvalue weighted by Crippen LogP contribution is -2.43. The highest BCUT2D eigenvalue weighted by Gasteiger charge is 2.20. The van der Waals surface area contributed by atoms with Crippen molar-refractivity contribution in [3.05, 3.63) is 52.3 Å². The van der Waals surface area contributed by atoms with Gasteiger partial charge in [-0.25, -0.2) is 0 Å². The van der Waals surface area contributed by atoms with Crippen LogP contribution >= 0.6 is 0 Å². The van der Waals surface area contributed by atoms with Crippen molar-refractivity contribution in [2.45, 2.75) is 40.2 Å². The summed E-state index contributed by atoms with van der Waals surface area (Å²) >= 11 is 0. The van der Waals surface area contributed by atoms with Crippen LogP contribution in [0.15, 0.2) is 24.3 Å². The summed E-state index contributed by atoms with van der Waals surface area (Å²) in [6.45, 7) is 5.92. The first-order valence-electron chi connectivity index (χ1n) is 9.10. The molecule has 150 valence electrons. The minimum absolute atomic E-state index is 0.137. The number of aryl methyl sites for hydroxylation is 2. The zero-order chi connectivity index (χ0) is 20.8. The Morgan fingerprint density at radius 2 is 1.57 bits per heavy atom. The molecule has 0 spiro atoms. The lowest BCUT2D eigenvalue weighted by molar-refractivity contribution is -0.138. The van der Waals surface area contributed by atoms with Crippen molar-refractivity contribution >= 4 is 17.7 Å². The quantitative estimate of drug-likeness (QED) is 0.655. The zero-order valence-corrected chi connectivity index (χ0v) is 16.6. The molecule has 0 aliphatic heterocycles. The van der Waals surface area contributed by atoms with Crippen LogP contribution in [-0.4, -0.2) is 45.5 Å². The minimum Gasteiger partial charge on any atom is -0.368 e. The summed E-state index contributed by atoms with van der Waals surface area (Å²) in [5.41, 5.74) is 15.5. The van der Waals surface area contributed by atoms with E-state index in [-0.39, 0.29) is 25.4 Å². The summed E-state index contributed by atoms with van der Waals surface area (Å²) in [6.07, 6.45) is 0.594. The van der Waals surface area contributed by atoms with Gasteiger partial charge in [-0.2, -0.15) is 5.10 Å². The molecule has 4 N–H and O–H groups in total. The Morgan fingerprint density at radius 3 is 2.11 bits per heavy atom. The zero-order valence-electron chi connectivity index (χ0n) is 16.6. The van der Waals surface area contributed by atoms with Crippen LogP contribution in [0, 0.1) is 20.8 Å². The van der Waals surface area contributed by atoms with E-state index in [0.717, 1.165) is 27.4 Å². The maximum absolute atomic E-state index is 12.4. The second-order valence-corrected chi connectivity index (χ2v) is 6.98.